The van der Waals surface area contributed by atoms with E-state index in [-0.39, 0.29) is 5.91 Å². The third-order valence-electron chi connectivity index (χ3n) is 4.08. The molecule has 0 bridgehead atoms. The number of aromatic nitrogens is 1. The van der Waals surface area contributed by atoms with Gasteiger partial charge in [-0.25, -0.2) is 4.98 Å². The zero-order chi connectivity index (χ0) is 15.9. The Bertz CT molecular complexity index is 474. The third kappa shape index (κ3) is 5.04. The molecule has 1 aromatic rings. The van der Waals surface area contributed by atoms with Gasteiger partial charge < -0.3 is 11.1 Å². The van der Waals surface area contributed by atoms with Crippen LogP contribution in [0, 0.1) is 0 Å². The average molecular weight is 324 g/mol. The molecule has 2 rings (SSSR count). The van der Waals surface area contributed by atoms with Crippen molar-refractivity contribution in [3.8, 4) is 0 Å². The van der Waals surface area contributed by atoms with Gasteiger partial charge in [0.15, 0.2) is 0 Å². The van der Waals surface area contributed by atoms with Crippen LogP contribution in [0.1, 0.15) is 55.3 Å². The molecule has 0 saturated carbocycles. The number of nitrogens with two attached hydrogens (primary N) is 1. The van der Waals surface area contributed by atoms with Crippen LogP contribution >= 0.6 is 11.3 Å². The molecule has 5 nitrogen and oxygen atoms in total. The van der Waals surface area contributed by atoms with E-state index in [2.05, 4.69) is 29.0 Å². The van der Waals surface area contributed by atoms with Crippen molar-refractivity contribution in [1.82, 2.24) is 15.2 Å². The van der Waals surface area contributed by atoms with Gasteiger partial charge >= 0.3 is 0 Å². The Hall–Kier alpha value is -0.980. The molecule has 0 aromatic carbocycles. The van der Waals surface area contributed by atoms with Crippen molar-refractivity contribution in [2.75, 3.05) is 19.6 Å². The van der Waals surface area contributed by atoms with Gasteiger partial charge in [-0.1, -0.05) is 20.3 Å². The summed E-state index contributed by atoms with van der Waals surface area (Å²) in [4.78, 5) is 19.9. The van der Waals surface area contributed by atoms with E-state index in [0.717, 1.165) is 26.1 Å². The molecule has 0 aliphatic carbocycles. The van der Waals surface area contributed by atoms with Crippen molar-refractivity contribution in [2.45, 2.75) is 58.0 Å². The molecule has 1 aliphatic rings. The molecule has 1 saturated heterocycles. The normalized spacial score (nSPS) is 19.5. The van der Waals surface area contributed by atoms with Gasteiger partial charge in [-0.3, -0.25) is 9.69 Å². The van der Waals surface area contributed by atoms with Crippen molar-refractivity contribution in [2.24, 2.45) is 5.73 Å². The second-order valence-electron chi connectivity index (χ2n) is 6.28. The minimum Gasteiger partial charge on any atom is -0.354 e. The summed E-state index contributed by atoms with van der Waals surface area (Å²) in [5.41, 5.74) is 5.42. The molecule has 1 aromatic heterocycles. The minimum atomic E-state index is 0.0629. The Morgan fingerprint density at radius 3 is 3.05 bits per heavy atom. The number of rotatable bonds is 7. The van der Waals surface area contributed by atoms with Crippen LogP contribution in [0.15, 0.2) is 6.20 Å². The van der Waals surface area contributed by atoms with Crippen molar-refractivity contribution in [3.63, 3.8) is 0 Å². The molecule has 2 heterocycles. The van der Waals surface area contributed by atoms with E-state index in [1.807, 2.05) is 17.5 Å². The lowest BCUT2D eigenvalue weighted by atomic mass is 10.0. The smallest absolute Gasteiger partial charge is 0.221 e. The van der Waals surface area contributed by atoms with Gasteiger partial charge in [-0.05, 0) is 19.4 Å². The zero-order valence-electron chi connectivity index (χ0n) is 13.7. The maximum atomic E-state index is 11.6. The molecular formula is C16H28N4OS. The van der Waals surface area contributed by atoms with Crippen LogP contribution in [0.5, 0.6) is 0 Å². The van der Waals surface area contributed by atoms with Crippen LogP contribution in [-0.2, 0) is 11.3 Å². The fourth-order valence-corrected chi connectivity index (χ4v) is 3.76. The summed E-state index contributed by atoms with van der Waals surface area (Å²) >= 11 is 1.81. The molecule has 1 atom stereocenters. The van der Waals surface area contributed by atoms with Crippen LogP contribution in [0.25, 0.3) is 0 Å². The summed E-state index contributed by atoms with van der Waals surface area (Å²) in [5.74, 6) is 0.555. The zero-order valence-corrected chi connectivity index (χ0v) is 14.5. The van der Waals surface area contributed by atoms with Crippen LogP contribution in [0.4, 0.5) is 0 Å². The highest BCUT2D eigenvalue weighted by Gasteiger charge is 2.23. The summed E-state index contributed by atoms with van der Waals surface area (Å²) in [5, 5.41) is 4.23. The molecule has 124 valence electrons. The molecule has 1 unspecified atom stereocenters. The third-order valence-corrected chi connectivity index (χ3v) is 5.36. The highest BCUT2D eigenvalue weighted by atomic mass is 32.1. The highest BCUT2D eigenvalue weighted by Crippen LogP contribution is 2.25. The number of nitrogens with zero attached hydrogens (tertiary/aromatic N) is 2. The molecule has 6 heteroatoms. The monoisotopic (exact) mass is 324 g/mol. The summed E-state index contributed by atoms with van der Waals surface area (Å²) in [6, 6.07) is 0.431. The first-order chi connectivity index (χ1) is 10.6. The van der Waals surface area contributed by atoms with E-state index in [9.17, 15) is 4.79 Å². The van der Waals surface area contributed by atoms with Crippen LogP contribution in [0.3, 0.4) is 0 Å². The maximum absolute atomic E-state index is 11.6. The van der Waals surface area contributed by atoms with Crippen molar-refractivity contribution < 1.29 is 4.79 Å². The van der Waals surface area contributed by atoms with Gasteiger partial charge in [-0.2, -0.15) is 0 Å². The molecule has 0 radical (unpaired) electrons. The molecule has 22 heavy (non-hydrogen) atoms. The molecule has 1 amide bonds. The van der Waals surface area contributed by atoms with Crippen molar-refractivity contribution in [1.29, 1.82) is 0 Å². The fourth-order valence-electron chi connectivity index (χ4n) is 2.81. The van der Waals surface area contributed by atoms with E-state index in [1.54, 1.807) is 0 Å². The molecule has 0 spiro atoms. The molecule has 1 aliphatic heterocycles. The standard InChI is InChI=1S/C16H28N4OS/c1-12(2)16-19-10-14(22-16)11-20-8-4-3-5-13(20)9-18-15(21)6-7-17/h10,12-13H,3-9,11,17H2,1-2H3,(H,18,21). The van der Waals surface area contributed by atoms with E-state index < -0.39 is 0 Å². The van der Waals surface area contributed by atoms with Gasteiger partial charge in [0.25, 0.3) is 0 Å². The number of piperidine rings is 1. The SMILES string of the molecule is CC(C)c1ncc(CN2CCCCC2CNC(=O)CCN)s1. The van der Waals surface area contributed by atoms with Gasteiger partial charge in [0.1, 0.15) is 0 Å². The Labute approximate surface area is 137 Å². The lowest BCUT2D eigenvalue weighted by Gasteiger charge is -2.35. The first-order valence-electron chi connectivity index (χ1n) is 8.25. The van der Waals surface area contributed by atoms with Gasteiger partial charge in [0, 0.05) is 49.1 Å². The van der Waals surface area contributed by atoms with Gasteiger partial charge in [-0.15, -0.1) is 11.3 Å². The van der Waals surface area contributed by atoms with E-state index in [1.165, 1.54) is 22.7 Å². The van der Waals surface area contributed by atoms with E-state index >= 15 is 0 Å². The number of carbonyl (C=O) groups is 1. The maximum Gasteiger partial charge on any atom is 0.221 e. The summed E-state index contributed by atoms with van der Waals surface area (Å²) < 4.78 is 0. The lowest BCUT2D eigenvalue weighted by Crippen LogP contribution is -2.46. The second kappa shape index (κ2) is 8.60. The Balaban J connectivity index is 1.89. The first-order valence-corrected chi connectivity index (χ1v) is 9.07. The Morgan fingerprint density at radius 1 is 1.55 bits per heavy atom. The number of carbonyl (C=O) groups excluding carboxylic acids is 1. The topological polar surface area (TPSA) is 71.2 Å². The molecule has 3 N–H and O–H groups in total. The van der Waals surface area contributed by atoms with E-state index in [4.69, 9.17) is 5.73 Å². The number of thiazole rings is 1. The predicted molar refractivity (Wildman–Crippen MR) is 90.9 cm³/mol. The quantitative estimate of drug-likeness (QED) is 0.805. The lowest BCUT2D eigenvalue weighted by molar-refractivity contribution is -0.121. The Morgan fingerprint density at radius 2 is 2.36 bits per heavy atom. The number of amides is 1. The fraction of sp³-hybridized carbons (Fsp3) is 0.750. The Kier molecular flexibility index (Phi) is 6.79. The summed E-state index contributed by atoms with van der Waals surface area (Å²) in [6.07, 6.45) is 6.06. The first kappa shape index (κ1) is 17.4. The highest BCUT2D eigenvalue weighted by molar-refractivity contribution is 7.11. The van der Waals surface area contributed by atoms with Gasteiger partial charge in [0.2, 0.25) is 5.91 Å². The van der Waals surface area contributed by atoms with Crippen LogP contribution < -0.4 is 11.1 Å². The van der Waals surface area contributed by atoms with Crippen LogP contribution in [-0.4, -0.2) is 41.5 Å². The second-order valence-corrected chi connectivity index (χ2v) is 7.43. The molecule has 1 fully saturated rings. The molecular weight excluding hydrogens is 296 g/mol. The number of likely N-dealkylation sites (tertiary alicyclic amines) is 1. The summed E-state index contributed by atoms with van der Waals surface area (Å²) in [6.45, 7) is 7.56. The largest absolute Gasteiger partial charge is 0.354 e. The predicted octanol–water partition coefficient (Wildman–Crippen LogP) is 2.09. The number of nitrogens with one attached hydrogen (secondary N) is 1. The summed E-state index contributed by atoms with van der Waals surface area (Å²) in [7, 11) is 0. The average Bonchev–Trinajstić information content (AvgIpc) is 2.95. The van der Waals surface area contributed by atoms with Crippen molar-refractivity contribution in [3.05, 3.63) is 16.1 Å². The number of hydrogen-bond acceptors (Lipinski definition) is 5. The van der Waals surface area contributed by atoms with Gasteiger partial charge in [0.05, 0.1) is 5.01 Å². The van der Waals surface area contributed by atoms with Crippen molar-refractivity contribution >= 4 is 17.2 Å². The number of hydrogen-bond donors (Lipinski definition) is 2. The van der Waals surface area contributed by atoms with E-state index in [0.29, 0.717) is 24.9 Å². The van der Waals surface area contributed by atoms with Crippen LogP contribution in [0.2, 0.25) is 0 Å². The minimum absolute atomic E-state index is 0.0629.